The quantitative estimate of drug-likeness (QED) is 0.581. The first-order chi connectivity index (χ1) is 14.0. The first kappa shape index (κ1) is 19.8. The van der Waals surface area contributed by atoms with Crippen LogP contribution in [0.15, 0.2) is 72.8 Å². The summed E-state index contributed by atoms with van der Waals surface area (Å²) in [5.74, 6) is -2.04. The number of hydrogen-bond donors (Lipinski definition) is 3. The Morgan fingerprint density at radius 3 is 2.21 bits per heavy atom. The minimum absolute atomic E-state index is 0.0479. The van der Waals surface area contributed by atoms with Crippen LogP contribution in [0.2, 0.25) is 0 Å². The zero-order chi connectivity index (χ0) is 20.8. The lowest BCUT2D eigenvalue weighted by Gasteiger charge is -2.11. The molecule has 0 fully saturated rings. The maximum atomic E-state index is 12.6. The second-order valence-corrected chi connectivity index (χ2v) is 6.35. The van der Waals surface area contributed by atoms with Crippen LogP contribution >= 0.6 is 0 Å². The molecule has 3 N–H and O–H groups in total. The molecule has 6 heteroatoms. The van der Waals surface area contributed by atoms with Crippen molar-refractivity contribution >= 4 is 29.2 Å². The van der Waals surface area contributed by atoms with Gasteiger partial charge in [0, 0.05) is 16.9 Å². The first-order valence-electron chi connectivity index (χ1n) is 9.12. The van der Waals surface area contributed by atoms with Gasteiger partial charge in [-0.15, -0.1) is 0 Å². The van der Waals surface area contributed by atoms with Crippen molar-refractivity contribution in [1.82, 2.24) is 0 Å². The smallest absolute Gasteiger partial charge is 0.336 e. The molecule has 3 aromatic carbocycles. The molecule has 0 saturated heterocycles. The molecule has 0 aliphatic rings. The predicted octanol–water partition coefficient (Wildman–Crippen LogP) is 4.45. The van der Waals surface area contributed by atoms with Gasteiger partial charge in [0.05, 0.1) is 11.1 Å². The van der Waals surface area contributed by atoms with Crippen LogP contribution in [0.4, 0.5) is 11.4 Å². The Kier molecular flexibility index (Phi) is 6.04. The zero-order valence-electron chi connectivity index (χ0n) is 15.8. The zero-order valence-corrected chi connectivity index (χ0v) is 15.8. The third-order valence-corrected chi connectivity index (χ3v) is 4.43. The van der Waals surface area contributed by atoms with E-state index in [4.69, 9.17) is 0 Å². The molecule has 3 aromatic rings. The summed E-state index contributed by atoms with van der Waals surface area (Å²) in [4.78, 5) is 36.5. The van der Waals surface area contributed by atoms with E-state index in [2.05, 4.69) is 10.6 Å². The Balaban J connectivity index is 1.78. The number of anilines is 2. The van der Waals surface area contributed by atoms with E-state index >= 15 is 0 Å². The number of amides is 2. The van der Waals surface area contributed by atoms with Crippen LogP contribution in [0.5, 0.6) is 0 Å². The summed E-state index contributed by atoms with van der Waals surface area (Å²) in [6.07, 6.45) is 0.787. The summed E-state index contributed by atoms with van der Waals surface area (Å²) in [6, 6.07) is 20.0. The Hall–Kier alpha value is -3.93. The van der Waals surface area contributed by atoms with Crippen LogP contribution in [0.3, 0.4) is 0 Å². The highest BCUT2D eigenvalue weighted by Gasteiger charge is 2.16. The van der Waals surface area contributed by atoms with Crippen LogP contribution in [0.25, 0.3) is 0 Å². The molecule has 0 aliphatic carbocycles. The van der Waals surface area contributed by atoms with Gasteiger partial charge >= 0.3 is 5.97 Å². The average molecular weight is 388 g/mol. The number of hydrogen-bond acceptors (Lipinski definition) is 3. The van der Waals surface area contributed by atoms with E-state index in [9.17, 15) is 19.5 Å². The van der Waals surface area contributed by atoms with Crippen molar-refractivity contribution in [2.24, 2.45) is 0 Å². The molecule has 29 heavy (non-hydrogen) atoms. The highest BCUT2D eigenvalue weighted by Crippen LogP contribution is 2.19. The monoisotopic (exact) mass is 388 g/mol. The van der Waals surface area contributed by atoms with Gasteiger partial charge in [-0.25, -0.2) is 4.79 Å². The van der Waals surface area contributed by atoms with Crippen LogP contribution in [0, 0.1) is 0 Å². The highest BCUT2D eigenvalue weighted by atomic mass is 16.4. The van der Waals surface area contributed by atoms with Gasteiger partial charge < -0.3 is 15.7 Å². The Morgan fingerprint density at radius 2 is 1.48 bits per heavy atom. The van der Waals surface area contributed by atoms with Crippen molar-refractivity contribution in [3.05, 3.63) is 95.1 Å². The number of aromatic carboxylic acids is 1. The van der Waals surface area contributed by atoms with E-state index in [1.807, 2.05) is 31.2 Å². The number of carboxylic acid groups (broad SMARTS) is 1. The molecule has 0 atom stereocenters. The molecule has 3 rings (SSSR count). The van der Waals surface area contributed by atoms with E-state index in [1.54, 1.807) is 36.4 Å². The largest absolute Gasteiger partial charge is 0.478 e. The molecule has 0 radical (unpaired) electrons. The third-order valence-electron chi connectivity index (χ3n) is 4.43. The standard InChI is InChI=1S/C23H20N2O4/c1-2-15-8-3-6-13-20(15)25-21(26)16-9-7-10-17(14-16)24-22(27)18-11-4-5-12-19(18)23(28)29/h3-14H,2H2,1H3,(H,24,27)(H,25,26)(H,28,29). The maximum Gasteiger partial charge on any atom is 0.336 e. The van der Waals surface area contributed by atoms with Gasteiger partial charge in [0.2, 0.25) is 0 Å². The molecule has 0 unspecified atom stereocenters. The van der Waals surface area contributed by atoms with E-state index in [0.29, 0.717) is 11.3 Å². The Bertz CT molecular complexity index is 1080. The SMILES string of the molecule is CCc1ccccc1NC(=O)c1cccc(NC(=O)c2ccccc2C(=O)O)c1. The van der Waals surface area contributed by atoms with Gasteiger partial charge in [-0.2, -0.15) is 0 Å². The second kappa shape index (κ2) is 8.84. The fraction of sp³-hybridized carbons (Fsp3) is 0.0870. The molecule has 6 nitrogen and oxygen atoms in total. The van der Waals surface area contributed by atoms with E-state index < -0.39 is 11.9 Å². The van der Waals surface area contributed by atoms with Crippen LogP contribution in [-0.2, 0) is 6.42 Å². The minimum atomic E-state index is -1.18. The highest BCUT2D eigenvalue weighted by molar-refractivity contribution is 6.11. The van der Waals surface area contributed by atoms with Gasteiger partial charge in [0.1, 0.15) is 0 Å². The normalized spacial score (nSPS) is 10.2. The summed E-state index contributed by atoms with van der Waals surface area (Å²) in [6.45, 7) is 2.01. The number of aryl methyl sites for hydroxylation is 1. The molecule has 0 aliphatic heterocycles. The average Bonchev–Trinajstić information content (AvgIpc) is 2.74. The fourth-order valence-electron chi connectivity index (χ4n) is 2.95. The van der Waals surface area contributed by atoms with Gasteiger partial charge in [-0.3, -0.25) is 9.59 Å². The summed E-state index contributed by atoms with van der Waals surface area (Å²) < 4.78 is 0. The number of carbonyl (C=O) groups is 3. The van der Waals surface area contributed by atoms with Crippen molar-refractivity contribution in [1.29, 1.82) is 0 Å². The number of nitrogens with one attached hydrogen (secondary N) is 2. The first-order valence-corrected chi connectivity index (χ1v) is 9.12. The number of rotatable bonds is 6. The Morgan fingerprint density at radius 1 is 0.793 bits per heavy atom. The Labute approximate surface area is 168 Å². The predicted molar refractivity (Wildman–Crippen MR) is 112 cm³/mol. The third kappa shape index (κ3) is 4.68. The molecule has 146 valence electrons. The summed E-state index contributed by atoms with van der Waals surface area (Å²) in [7, 11) is 0. The van der Waals surface area contributed by atoms with Gasteiger partial charge in [-0.1, -0.05) is 43.3 Å². The lowest BCUT2D eigenvalue weighted by Crippen LogP contribution is -2.17. The van der Waals surface area contributed by atoms with E-state index in [-0.39, 0.29) is 17.0 Å². The van der Waals surface area contributed by atoms with E-state index in [1.165, 1.54) is 12.1 Å². The maximum absolute atomic E-state index is 12.6. The minimum Gasteiger partial charge on any atom is -0.478 e. The topological polar surface area (TPSA) is 95.5 Å². The molecular weight excluding hydrogens is 368 g/mol. The van der Waals surface area contributed by atoms with Crippen LogP contribution in [0.1, 0.15) is 43.6 Å². The van der Waals surface area contributed by atoms with Gasteiger partial charge in [-0.05, 0) is 48.4 Å². The van der Waals surface area contributed by atoms with Crippen molar-refractivity contribution in [2.45, 2.75) is 13.3 Å². The van der Waals surface area contributed by atoms with E-state index in [0.717, 1.165) is 17.7 Å². The molecule has 0 saturated carbocycles. The lowest BCUT2D eigenvalue weighted by molar-refractivity contribution is 0.0692. The van der Waals surface area contributed by atoms with Crippen LogP contribution < -0.4 is 10.6 Å². The molecule has 0 spiro atoms. The number of para-hydroxylation sites is 1. The summed E-state index contributed by atoms with van der Waals surface area (Å²) >= 11 is 0. The lowest BCUT2D eigenvalue weighted by atomic mass is 10.1. The molecule has 0 aromatic heterocycles. The second-order valence-electron chi connectivity index (χ2n) is 6.35. The fourth-order valence-corrected chi connectivity index (χ4v) is 2.95. The summed E-state index contributed by atoms with van der Waals surface area (Å²) in [5.41, 5.74) is 2.49. The number of carboxylic acids is 1. The van der Waals surface area contributed by atoms with Crippen molar-refractivity contribution in [2.75, 3.05) is 10.6 Å². The summed E-state index contributed by atoms with van der Waals surface area (Å²) in [5, 5.41) is 14.8. The van der Waals surface area contributed by atoms with Crippen molar-refractivity contribution in [3.63, 3.8) is 0 Å². The molecular formula is C23H20N2O4. The van der Waals surface area contributed by atoms with Crippen LogP contribution in [-0.4, -0.2) is 22.9 Å². The van der Waals surface area contributed by atoms with Crippen molar-refractivity contribution in [3.8, 4) is 0 Å². The number of carbonyl (C=O) groups excluding carboxylic acids is 2. The molecule has 0 heterocycles. The molecule has 0 bridgehead atoms. The van der Waals surface area contributed by atoms with Crippen molar-refractivity contribution < 1.29 is 19.5 Å². The molecule has 2 amide bonds. The van der Waals surface area contributed by atoms with Gasteiger partial charge in [0.25, 0.3) is 11.8 Å². The van der Waals surface area contributed by atoms with Gasteiger partial charge in [0.15, 0.2) is 0 Å². The number of benzene rings is 3.